The summed E-state index contributed by atoms with van der Waals surface area (Å²) in [6.07, 6.45) is -6.76. The Morgan fingerprint density at radius 3 is 1.91 bits per heavy atom. The van der Waals surface area contributed by atoms with Crippen molar-refractivity contribution < 1.29 is 40.6 Å². The van der Waals surface area contributed by atoms with Gasteiger partial charge in [0.05, 0.1) is 7.11 Å². The van der Waals surface area contributed by atoms with Crippen molar-refractivity contribution in [3.8, 4) is 5.75 Å². The summed E-state index contributed by atoms with van der Waals surface area (Å²) in [5, 5.41) is 10.6. The van der Waals surface area contributed by atoms with Gasteiger partial charge in [0.1, 0.15) is 11.6 Å². The Hall–Kier alpha value is -1.94. The molecule has 0 aliphatic carbocycles. The second kappa shape index (κ2) is 11.0. The maximum Gasteiger partial charge on any atom is 0.446 e. The molecule has 0 amide bonds. The van der Waals surface area contributed by atoms with Crippen molar-refractivity contribution >= 4 is 11.8 Å². The minimum absolute atomic E-state index is 0.00774. The van der Waals surface area contributed by atoms with Crippen molar-refractivity contribution in [1.82, 2.24) is 0 Å². The molecule has 2 aromatic carbocycles. The highest BCUT2D eigenvalue weighted by atomic mass is 32.2. The number of benzene rings is 2. The molecule has 0 spiro atoms. The topological polar surface area (TPSA) is 29.5 Å². The zero-order valence-electron chi connectivity index (χ0n) is 18.9. The zero-order valence-corrected chi connectivity index (χ0v) is 19.7. The summed E-state index contributed by atoms with van der Waals surface area (Å²) in [5.74, 6) is -0.498. The summed E-state index contributed by atoms with van der Waals surface area (Å²) >= 11 is -0.388. The number of alkyl halides is 6. The zero-order chi connectivity index (χ0) is 25.7. The van der Waals surface area contributed by atoms with Crippen LogP contribution < -0.4 is 4.74 Å². The summed E-state index contributed by atoms with van der Waals surface area (Å²) in [4.78, 5) is -0.184. The number of thioether (sulfide) groups is 1. The van der Waals surface area contributed by atoms with Crippen LogP contribution in [-0.4, -0.2) is 29.5 Å². The van der Waals surface area contributed by atoms with E-state index in [1.54, 1.807) is 0 Å². The Morgan fingerprint density at radius 1 is 0.909 bits per heavy atom. The molecule has 0 bridgehead atoms. The number of rotatable bonds is 7. The summed E-state index contributed by atoms with van der Waals surface area (Å²) in [6, 6.07) is 7.76. The van der Waals surface area contributed by atoms with Gasteiger partial charge in [-0.3, -0.25) is 0 Å². The lowest BCUT2D eigenvalue weighted by molar-refractivity contribution is -0.266. The molecule has 1 N–H and O–H groups in total. The van der Waals surface area contributed by atoms with Gasteiger partial charge in [0.25, 0.3) is 0 Å². The minimum Gasteiger partial charge on any atom is -0.496 e. The van der Waals surface area contributed by atoms with Crippen LogP contribution in [0.15, 0.2) is 47.4 Å². The SMILES string of the molecule is CC.COc1ccc(F)cc1C(C)(C)CC(O)(Cc1ccc(SC(F)(F)F)cc1)C(F)(F)F. The molecule has 1 atom stereocenters. The third kappa shape index (κ3) is 8.10. The first-order valence-corrected chi connectivity index (χ1v) is 10.9. The fraction of sp³-hybridized carbons (Fsp3) is 0.478. The molecule has 2 rings (SSSR count). The van der Waals surface area contributed by atoms with E-state index in [9.17, 15) is 35.8 Å². The molecule has 2 nitrogen and oxygen atoms in total. The molecule has 0 saturated heterocycles. The first-order valence-electron chi connectivity index (χ1n) is 10.0. The molecule has 0 fully saturated rings. The highest BCUT2D eigenvalue weighted by Crippen LogP contribution is 2.45. The van der Waals surface area contributed by atoms with Gasteiger partial charge in [0, 0.05) is 16.9 Å². The van der Waals surface area contributed by atoms with Crippen LogP contribution in [0.25, 0.3) is 0 Å². The number of halogens is 7. The van der Waals surface area contributed by atoms with E-state index < -0.39 is 41.4 Å². The third-order valence-corrected chi connectivity index (χ3v) is 5.55. The molecule has 2 aromatic rings. The van der Waals surface area contributed by atoms with Gasteiger partial charge in [-0.2, -0.15) is 26.3 Å². The molecule has 0 radical (unpaired) electrons. The summed E-state index contributed by atoms with van der Waals surface area (Å²) in [7, 11) is 1.29. The number of ether oxygens (including phenoxy) is 1. The number of hydrogen-bond donors (Lipinski definition) is 1. The molecular formula is C23H27F7O2S. The Kier molecular flexibility index (Phi) is 9.69. The largest absolute Gasteiger partial charge is 0.496 e. The lowest BCUT2D eigenvalue weighted by Gasteiger charge is -2.38. The quantitative estimate of drug-likeness (QED) is 0.312. The molecule has 33 heavy (non-hydrogen) atoms. The highest BCUT2D eigenvalue weighted by molar-refractivity contribution is 8.00. The van der Waals surface area contributed by atoms with E-state index in [1.165, 1.54) is 27.0 Å². The maximum absolute atomic E-state index is 13.9. The van der Waals surface area contributed by atoms with E-state index in [4.69, 9.17) is 4.74 Å². The average Bonchev–Trinajstić information content (AvgIpc) is 2.68. The van der Waals surface area contributed by atoms with Gasteiger partial charge in [-0.25, -0.2) is 4.39 Å². The maximum atomic E-state index is 13.9. The average molecular weight is 501 g/mol. The number of hydrogen-bond acceptors (Lipinski definition) is 3. The Labute approximate surface area is 193 Å². The summed E-state index contributed by atoms with van der Waals surface area (Å²) < 4.78 is 97.9. The lowest BCUT2D eigenvalue weighted by Crippen LogP contribution is -2.50. The third-order valence-electron chi connectivity index (χ3n) is 4.81. The molecular weight excluding hydrogens is 473 g/mol. The normalized spacial score (nSPS) is 14.2. The fourth-order valence-electron chi connectivity index (χ4n) is 3.45. The molecule has 0 heterocycles. The van der Waals surface area contributed by atoms with E-state index in [0.717, 1.165) is 36.4 Å². The monoisotopic (exact) mass is 500 g/mol. The van der Waals surface area contributed by atoms with Crippen molar-refractivity contribution in [3.63, 3.8) is 0 Å². The molecule has 0 saturated carbocycles. The van der Waals surface area contributed by atoms with Gasteiger partial charge >= 0.3 is 11.7 Å². The first kappa shape index (κ1) is 29.1. The van der Waals surface area contributed by atoms with E-state index >= 15 is 0 Å². The van der Waals surface area contributed by atoms with Gasteiger partial charge < -0.3 is 9.84 Å². The van der Waals surface area contributed by atoms with Crippen LogP contribution in [0, 0.1) is 5.82 Å². The Balaban J connectivity index is 0.00000265. The molecule has 1 unspecified atom stereocenters. The van der Waals surface area contributed by atoms with Crippen molar-refractivity contribution in [2.24, 2.45) is 0 Å². The number of methoxy groups -OCH3 is 1. The van der Waals surface area contributed by atoms with Crippen molar-refractivity contribution in [1.29, 1.82) is 0 Å². The molecule has 10 heteroatoms. The van der Waals surface area contributed by atoms with E-state index in [-0.39, 0.29) is 33.5 Å². The minimum atomic E-state index is -5.05. The van der Waals surface area contributed by atoms with Crippen molar-refractivity contribution in [2.75, 3.05) is 7.11 Å². The van der Waals surface area contributed by atoms with Crippen molar-refractivity contribution in [3.05, 3.63) is 59.4 Å². The van der Waals surface area contributed by atoms with Crippen LogP contribution in [0.3, 0.4) is 0 Å². The van der Waals surface area contributed by atoms with Gasteiger partial charge in [-0.15, -0.1) is 0 Å². The molecule has 0 aliphatic heterocycles. The first-order chi connectivity index (χ1) is 15.1. The van der Waals surface area contributed by atoms with Crippen molar-refractivity contribution in [2.45, 2.75) is 68.1 Å². The van der Waals surface area contributed by atoms with E-state index in [0.29, 0.717) is 0 Å². The lowest BCUT2D eigenvalue weighted by atomic mass is 9.72. The summed E-state index contributed by atoms with van der Waals surface area (Å²) in [5.41, 5.74) is -8.94. The van der Waals surface area contributed by atoms with Gasteiger partial charge in [0.2, 0.25) is 0 Å². The van der Waals surface area contributed by atoms with E-state index in [1.807, 2.05) is 13.8 Å². The smallest absolute Gasteiger partial charge is 0.446 e. The van der Waals surface area contributed by atoms with Crippen LogP contribution in [-0.2, 0) is 11.8 Å². The molecule has 0 aliphatic rings. The highest BCUT2D eigenvalue weighted by Gasteiger charge is 2.56. The predicted molar refractivity (Wildman–Crippen MR) is 115 cm³/mol. The number of aliphatic hydroxyl groups is 1. The molecule has 186 valence electrons. The predicted octanol–water partition coefficient (Wildman–Crippen LogP) is 7.68. The second-order valence-corrected chi connectivity index (χ2v) is 8.94. The van der Waals surface area contributed by atoms with Gasteiger partial charge in [-0.1, -0.05) is 39.8 Å². The van der Waals surface area contributed by atoms with Gasteiger partial charge in [-0.05, 0) is 59.5 Å². The van der Waals surface area contributed by atoms with Crippen LogP contribution >= 0.6 is 11.8 Å². The van der Waals surface area contributed by atoms with Crippen LogP contribution in [0.1, 0.15) is 45.2 Å². The molecule has 0 aromatic heterocycles. The second-order valence-electron chi connectivity index (χ2n) is 7.80. The van der Waals surface area contributed by atoms with E-state index in [2.05, 4.69) is 0 Å². The van der Waals surface area contributed by atoms with Gasteiger partial charge in [0.15, 0.2) is 5.60 Å². The Bertz CT molecular complexity index is 893. The fourth-order valence-corrected chi connectivity index (χ4v) is 3.98. The standard InChI is InChI=1S/C21H21F7O2S.C2H6/c1-18(2,16-10-14(22)6-9-17(16)30-3)12-19(29,20(23,24)25)11-13-4-7-15(8-5-13)31-21(26,27)28;1-2/h4-10,29H,11-12H2,1-3H3;1-2H3. The van der Waals surface area contributed by atoms with Crippen LogP contribution in [0.2, 0.25) is 0 Å². The Morgan fingerprint density at radius 2 is 1.45 bits per heavy atom. The van der Waals surface area contributed by atoms with Crippen LogP contribution in [0.4, 0.5) is 30.7 Å². The summed E-state index contributed by atoms with van der Waals surface area (Å²) in [6.45, 7) is 6.84. The van der Waals surface area contributed by atoms with Crippen LogP contribution in [0.5, 0.6) is 5.75 Å².